The van der Waals surface area contributed by atoms with Crippen molar-refractivity contribution in [2.75, 3.05) is 25.1 Å². The maximum Gasteiger partial charge on any atom is 0.335 e. The van der Waals surface area contributed by atoms with Crippen molar-refractivity contribution >= 4 is 36.4 Å². The van der Waals surface area contributed by atoms with Crippen molar-refractivity contribution in [3.63, 3.8) is 0 Å². The summed E-state index contributed by atoms with van der Waals surface area (Å²) in [5, 5.41) is -1.43. The molecule has 0 bridgehead atoms. The van der Waals surface area contributed by atoms with Crippen molar-refractivity contribution in [1.29, 1.82) is 0 Å². The highest BCUT2D eigenvalue weighted by Crippen LogP contribution is 2.41. The molecule has 0 amide bonds. The van der Waals surface area contributed by atoms with Crippen LogP contribution in [0.2, 0.25) is 0 Å². The van der Waals surface area contributed by atoms with E-state index >= 15 is 0 Å². The molecule has 0 aromatic heterocycles. The van der Waals surface area contributed by atoms with Crippen molar-refractivity contribution in [3.05, 3.63) is 70.8 Å². The Morgan fingerprint density at radius 2 is 1.49 bits per heavy atom. The Hall–Kier alpha value is -2.29. The van der Waals surface area contributed by atoms with Gasteiger partial charge in [0.25, 0.3) is 0 Å². The van der Waals surface area contributed by atoms with Crippen LogP contribution in [0.5, 0.6) is 5.75 Å². The topological polar surface area (TPSA) is 55.8 Å². The van der Waals surface area contributed by atoms with E-state index in [-0.39, 0.29) is 5.97 Å². The van der Waals surface area contributed by atoms with Crippen LogP contribution in [0, 0.1) is 0 Å². The number of carbonyl (C=O) groups is 2. The van der Waals surface area contributed by atoms with Gasteiger partial charge in [0.15, 0.2) is 11.4 Å². The second-order valence-corrected chi connectivity index (χ2v) is 13.3. The zero-order valence-corrected chi connectivity index (χ0v) is 31.7. The smallest absolute Gasteiger partial charge is 0.335 e. The lowest BCUT2D eigenvalue weighted by molar-refractivity contribution is -0.148. The van der Waals surface area contributed by atoms with Gasteiger partial charge in [-0.05, 0) is 74.4 Å². The average Bonchev–Trinajstić information content (AvgIpc) is 3.26. The number of methoxy groups -OCH3 is 1. The first-order chi connectivity index (χ1) is 21.5. The molecule has 2 atom stereocenters. The quantitative estimate of drug-likeness (QED) is 0.114. The number of carbonyl (C=O) groups excluding carboxylic acids is 2. The predicted molar refractivity (Wildman–Crippen MR) is 197 cm³/mol. The van der Waals surface area contributed by atoms with E-state index in [0.717, 1.165) is 75.8 Å². The Kier molecular flexibility index (Phi) is 21.9. The molecule has 0 saturated heterocycles. The van der Waals surface area contributed by atoms with Gasteiger partial charge in [0.1, 0.15) is 11.4 Å². The average molecular weight is 664 g/mol. The van der Waals surface area contributed by atoms with Crippen LogP contribution in [0.25, 0.3) is 0 Å². The lowest BCUT2D eigenvalue weighted by atomic mass is 9.85. The fraction of sp³-hybridized carbons (Fsp3) is 0.568. The fourth-order valence-corrected chi connectivity index (χ4v) is 5.59. The number of nitrogens with zero attached hydrogens (tertiary/aromatic N) is 1. The summed E-state index contributed by atoms with van der Waals surface area (Å²) >= 11 is 0. The van der Waals surface area contributed by atoms with Crippen LogP contribution in [0.3, 0.4) is 0 Å². The van der Waals surface area contributed by atoms with E-state index in [4.69, 9.17) is 9.47 Å². The summed E-state index contributed by atoms with van der Waals surface area (Å²) in [6.45, 7) is 18.3. The monoisotopic (exact) mass is 663 g/mol. The molecule has 2 unspecified atom stereocenters. The zero-order valence-electron chi connectivity index (χ0n) is 29.4. The minimum absolute atomic E-state index is 0.334. The van der Waals surface area contributed by atoms with E-state index in [1.165, 1.54) is 12.0 Å². The number of halogens is 1. The summed E-state index contributed by atoms with van der Waals surface area (Å²) in [6.07, 6.45) is 8.58. The third-order valence-electron chi connectivity index (χ3n) is 7.23. The molecule has 0 radical (unpaired) electrons. The summed E-state index contributed by atoms with van der Waals surface area (Å²) in [4.78, 5) is 24.8. The molecule has 2 aromatic rings. The third kappa shape index (κ3) is 14.3. The van der Waals surface area contributed by atoms with Crippen molar-refractivity contribution in [2.45, 2.75) is 118 Å². The Bertz CT molecular complexity index is 1150. The van der Waals surface area contributed by atoms with E-state index in [1.54, 1.807) is 14.0 Å². The van der Waals surface area contributed by atoms with Crippen molar-refractivity contribution in [2.24, 2.45) is 0 Å². The molecule has 8 heteroatoms. The number of benzene rings is 2. The van der Waals surface area contributed by atoms with E-state index in [0.29, 0.717) is 16.7 Å². The van der Waals surface area contributed by atoms with Crippen molar-refractivity contribution < 1.29 is 23.5 Å². The number of cyclic esters (lactones) is 1. The number of rotatable bonds is 14. The van der Waals surface area contributed by atoms with Crippen LogP contribution >= 0.6 is 18.5 Å². The molecule has 0 N–H and O–H groups in total. The first-order valence-corrected chi connectivity index (χ1v) is 17.8. The van der Waals surface area contributed by atoms with Gasteiger partial charge < -0.3 is 14.4 Å². The largest absolute Gasteiger partial charge is 0.497 e. The molecule has 0 aliphatic carbocycles. The number of aldehydes is 1. The molecule has 1 aliphatic heterocycles. The number of ether oxygens (including phenoxy) is 2. The Balaban J connectivity index is 0.000000640. The predicted octanol–water partition coefficient (Wildman–Crippen LogP) is 10.2. The Morgan fingerprint density at radius 1 is 0.911 bits per heavy atom. The van der Waals surface area contributed by atoms with Gasteiger partial charge in [-0.3, -0.25) is 4.79 Å². The molecule has 254 valence electrons. The summed E-state index contributed by atoms with van der Waals surface area (Å²) in [5.74, 6) is 0.620. The van der Waals surface area contributed by atoms with Gasteiger partial charge in [-0.15, -0.1) is 0 Å². The van der Waals surface area contributed by atoms with Crippen LogP contribution < -0.4 is 9.64 Å². The van der Waals surface area contributed by atoms with E-state index < -0.39 is 10.8 Å². The van der Waals surface area contributed by atoms with Gasteiger partial charge in [-0.25, -0.2) is 9.18 Å². The molecule has 0 saturated carbocycles. The highest BCUT2D eigenvalue weighted by atomic mass is 31.1. The van der Waals surface area contributed by atoms with Crippen molar-refractivity contribution in [3.8, 4) is 5.75 Å². The molecule has 5 nitrogen and oxygen atoms in total. The fourth-order valence-electron chi connectivity index (χ4n) is 5.23. The standard InChI is InChI=1S/C13H22FNP2.C12H18O3.C10H14O.C2H6/c1-3-8-15(9-4-2)12-7-5-6-11(10-12)13(14,16)17;1-4-6-12(7-5-2)10(8-13)9(3)11(14)15-12;1-3-5-9-6-4-7-10(8-9)11-2;1-2/h5-7,10H,3-4,8-9,16-17H2,1-2H3;8H,4-7H2,1-3H3;4,6-8H,3,5H2,1-2H3;1-2H3. The van der Waals surface area contributed by atoms with Gasteiger partial charge >= 0.3 is 5.97 Å². The third-order valence-corrected chi connectivity index (χ3v) is 7.89. The molecule has 1 heterocycles. The summed E-state index contributed by atoms with van der Waals surface area (Å²) in [7, 11) is 6.13. The van der Waals surface area contributed by atoms with Gasteiger partial charge in [0.05, 0.1) is 7.11 Å². The molecule has 0 spiro atoms. The number of hydrogen-bond donors (Lipinski definition) is 0. The molecule has 3 rings (SSSR count). The molecular weight excluding hydrogens is 603 g/mol. The summed E-state index contributed by atoms with van der Waals surface area (Å²) < 4.78 is 24.3. The van der Waals surface area contributed by atoms with Gasteiger partial charge in [0, 0.05) is 29.9 Å². The van der Waals surface area contributed by atoms with Crippen molar-refractivity contribution in [1.82, 2.24) is 0 Å². The second-order valence-electron chi connectivity index (χ2n) is 10.9. The Labute approximate surface area is 278 Å². The first kappa shape index (κ1) is 42.7. The highest BCUT2D eigenvalue weighted by molar-refractivity contribution is 7.38. The van der Waals surface area contributed by atoms with Crippen LogP contribution in [-0.2, 0) is 25.9 Å². The summed E-state index contributed by atoms with van der Waals surface area (Å²) in [5.41, 5.74) is 3.54. The molecule has 2 aromatic carbocycles. The van der Waals surface area contributed by atoms with E-state index in [2.05, 4.69) is 62.3 Å². The van der Waals surface area contributed by atoms with Gasteiger partial charge in [-0.1, -0.05) is 110 Å². The number of aryl methyl sites for hydroxylation is 1. The summed E-state index contributed by atoms with van der Waals surface area (Å²) in [6, 6.07) is 15.9. The lowest BCUT2D eigenvalue weighted by Gasteiger charge is -2.28. The number of esters is 1. The second kappa shape index (κ2) is 23.1. The minimum Gasteiger partial charge on any atom is -0.497 e. The lowest BCUT2D eigenvalue weighted by Crippen LogP contribution is -2.32. The Morgan fingerprint density at radius 3 is 1.96 bits per heavy atom. The number of hydrogen-bond acceptors (Lipinski definition) is 5. The molecule has 45 heavy (non-hydrogen) atoms. The zero-order chi connectivity index (χ0) is 34.5. The van der Waals surface area contributed by atoms with Crippen LogP contribution in [-0.4, -0.2) is 38.1 Å². The van der Waals surface area contributed by atoms with Gasteiger partial charge in [-0.2, -0.15) is 0 Å². The minimum atomic E-state index is -1.43. The van der Waals surface area contributed by atoms with Crippen LogP contribution in [0.4, 0.5) is 10.1 Å². The maximum atomic E-state index is 13.8. The number of anilines is 1. The first-order valence-electron chi connectivity index (χ1n) is 16.6. The molecule has 0 fully saturated rings. The van der Waals surface area contributed by atoms with Crippen LogP contribution in [0.1, 0.15) is 111 Å². The highest BCUT2D eigenvalue weighted by Gasteiger charge is 2.44. The molecule has 1 aliphatic rings. The van der Waals surface area contributed by atoms with Gasteiger partial charge in [0.2, 0.25) is 0 Å². The van der Waals surface area contributed by atoms with E-state index in [1.807, 2.05) is 58.0 Å². The normalized spacial score (nSPS) is 13.3. The maximum absolute atomic E-state index is 13.8. The SMILES string of the molecule is CC.CCCC1(CCC)OC(=O)C(C)=C1C=O.CCCN(CCC)c1cccc(C(F)(P)P)c1.CCCc1cccc(OC)c1. The molecular formula is C37H60FNO4P2. The van der Waals surface area contributed by atoms with Crippen LogP contribution in [0.15, 0.2) is 59.7 Å². The van der Waals surface area contributed by atoms with E-state index in [9.17, 15) is 14.0 Å². The number of alkyl halides is 1.